The van der Waals surface area contributed by atoms with Crippen LogP contribution in [-0.2, 0) is 10.9 Å². The molecule has 0 unspecified atom stereocenters. The van der Waals surface area contributed by atoms with Crippen molar-refractivity contribution in [3.63, 3.8) is 0 Å². The molecule has 0 atom stereocenters. The topological polar surface area (TPSA) is 44.5 Å². The van der Waals surface area contributed by atoms with Crippen LogP contribution in [0.1, 0.15) is 19.4 Å². The number of anilines is 1. The van der Waals surface area contributed by atoms with E-state index >= 15 is 0 Å². The zero-order valence-electron chi connectivity index (χ0n) is 10.3. The van der Waals surface area contributed by atoms with Gasteiger partial charge >= 0.3 is 6.18 Å². The van der Waals surface area contributed by atoms with Gasteiger partial charge in [-0.05, 0) is 32.0 Å². The fourth-order valence-corrected chi connectivity index (χ4v) is 1.31. The monoisotopic (exact) mass is 263 g/mol. The highest BCUT2D eigenvalue weighted by Crippen LogP contribution is 2.35. The predicted molar refractivity (Wildman–Crippen MR) is 62.4 cm³/mol. The number of alkyl halides is 3. The van der Waals surface area contributed by atoms with Crippen LogP contribution in [0, 0.1) is 0 Å². The number of hydrogen-bond acceptors (Lipinski definition) is 3. The summed E-state index contributed by atoms with van der Waals surface area (Å²) in [6, 6.07) is 3.48. The summed E-state index contributed by atoms with van der Waals surface area (Å²) in [5.41, 5.74) is 4.07. The summed E-state index contributed by atoms with van der Waals surface area (Å²) in [6.45, 7) is 4.25. The van der Waals surface area contributed by atoms with Crippen LogP contribution in [0.5, 0.6) is 5.75 Å². The normalized spacial score (nSPS) is 11.9. The van der Waals surface area contributed by atoms with Crippen molar-refractivity contribution in [1.29, 1.82) is 0 Å². The van der Waals surface area contributed by atoms with E-state index in [9.17, 15) is 13.2 Å². The van der Waals surface area contributed by atoms with Crippen LogP contribution in [-0.4, -0.2) is 19.3 Å². The lowest BCUT2D eigenvalue weighted by molar-refractivity contribution is -0.137. The number of nitrogen functional groups attached to an aromatic ring is 1. The van der Waals surface area contributed by atoms with Crippen molar-refractivity contribution in [3.05, 3.63) is 23.8 Å². The first-order valence-electron chi connectivity index (χ1n) is 5.52. The van der Waals surface area contributed by atoms with Gasteiger partial charge < -0.3 is 15.2 Å². The van der Waals surface area contributed by atoms with E-state index in [0.29, 0.717) is 6.61 Å². The van der Waals surface area contributed by atoms with E-state index in [-0.39, 0.29) is 24.1 Å². The zero-order chi connectivity index (χ0) is 13.8. The molecular weight excluding hydrogens is 247 g/mol. The molecule has 1 rings (SSSR count). The van der Waals surface area contributed by atoms with Crippen molar-refractivity contribution < 1.29 is 22.6 Å². The number of rotatable bonds is 5. The molecule has 0 aromatic heterocycles. The standard InChI is InChI=1S/C12H16F3NO2/c1-8(2)17-5-6-18-9-3-4-11(16)10(7-9)12(13,14)15/h3-4,7-8H,5-6,16H2,1-2H3. The lowest BCUT2D eigenvalue weighted by atomic mass is 10.1. The molecule has 1 aromatic rings. The Morgan fingerprint density at radius 1 is 1.22 bits per heavy atom. The molecule has 1 aromatic carbocycles. The molecular formula is C12H16F3NO2. The Morgan fingerprint density at radius 3 is 2.44 bits per heavy atom. The largest absolute Gasteiger partial charge is 0.491 e. The lowest BCUT2D eigenvalue weighted by Crippen LogP contribution is -2.12. The highest BCUT2D eigenvalue weighted by molar-refractivity contribution is 5.51. The molecule has 0 bridgehead atoms. The van der Waals surface area contributed by atoms with Gasteiger partial charge in [0.15, 0.2) is 0 Å². The smallest absolute Gasteiger partial charge is 0.418 e. The molecule has 0 spiro atoms. The van der Waals surface area contributed by atoms with Crippen molar-refractivity contribution in [1.82, 2.24) is 0 Å². The maximum Gasteiger partial charge on any atom is 0.418 e. The Balaban J connectivity index is 2.63. The Kier molecular flexibility index (Phi) is 4.84. The number of ether oxygens (including phenoxy) is 2. The minimum absolute atomic E-state index is 0.0609. The number of benzene rings is 1. The van der Waals surface area contributed by atoms with Gasteiger partial charge in [0.2, 0.25) is 0 Å². The van der Waals surface area contributed by atoms with Crippen LogP contribution in [0.2, 0.25) is 0 Å². The molecule has 0 saturated heterocycles. The quantitative estimate of drug-likeness (QED) is 0.655. The van der Waals surface area contributed by atoms with Crippen LogP contribution in [0.4, 0.5) is 18.9 Å². The van der Waals surface area contributed by atoms with Crippen molar-refractivity contribution >= 4 is 5.69 Å². The molecule has 18 heavy (non-hydrogen) atoms. The molecule has 102 valence electrons. The summed E-state index contributed by atoms with van der Waals surface area (Å²) in [7, 11) is 0. The fourth-order valence-electron chi connectivity index (χ4n) is 1.31. The van der Waals surface area contributed by atoms with E-state index in [1.807, 2.05) is 13.8 Å². The predicted octanol–water partition coefficient (Wildman–Crippen LogP) is 3.09. The molecule has 0 aliphatic carbocycles. The fraction of sp³-hybridized carbons (Fsp3) is 0.500. The molecule has 2 N–H and O–H groups in total. The van der Waals surface area contributed by atoms with E-state index in [1.165, 1.54) is 12.1 Å². The Bertz CT molecular complexity index is 391. The SMILES string of the molecule is CC(C)OCCOc1ccc(N)c(C(F)(F)F)c1. The Hall–Kier alpha value is -1.43. The van der Waals surface area contributed by atoms with Crippen molar-refractivity contribution in [2.45, 2.75) is 26.1 Å². The summed E-state index contributed by atoms with van der Waals surface area (Å²) >= 11 is 0. The van der Waals surface area contributed by atoms with Crippen LogP contribution in [0.15, 0.2) is 18.2 Å². The average molecular weight is 263 g/mol. The summed E-state index contributed by atoms with van der Waals surface area (Å²) in [5, 5.41) is 0. The maximum atomic E-state index is 12.6. The first-order valence-corrected chi connectivity index (χ1v) is 5.52. The molecule has 0 aliphatic heterocycles. The highest BCUT2D eigenvalue weighted by Gasteiger charge is 2.33. The summed E-state index contributed by atoms with van der Waals surface area (Å²) in [4.78, 5) is 0. The second-order valence-corrected chi connectivity index (χ2v) is 4.01. The minimum Gasteiger partial charge on any atom is -0.491 e. The summed E-state index contributed by atoms with van der Waals surface area (Å²) in [6.07, 6.45) is -4.41. The minimum atomic E-state index is -4.47. The second-order valence-electron chi connectivity index (χ2n) is 4.01. The Labute approximate surface area is 104 Å². The van der Waals surface area contributed by atoms with Crippen molar-refractivity contribution in [3.8, 4) is 5.75 Å². The van der Waals surface area contributed by atoms with Crippen molar-refractivity contribution in [2.24, 2.45) is 0 Å². The van der Waals surface area contributed by atoms with Crippen LogP contribution >= 0.6 is 0 Å². The molecule has 3 nitrogen and oxygen atoms in total. The first kappa shape index (κ1) is 14.6. The number of halogens is 3. The third-order valence-corrected chi connectivity index (χ3v) is 2.13. The maximum absolute atomic E-state index is 12.6. The molecule has 0 radical (unpaired) electrons. The van der Waals surface area contributed by atoms with E-state index in [2.05, 4.69) is 0 Å². The van der Waals surface area contributed by atoms with Crippen LogP contribution < -0.4 is 10.5 Å². The second kappa shape index (κ2) is 5.95. The zero-order valence-corrected chi connectivity index (χ0v) is 10.3. The molecule has 0 aliphatic rings. The van der Waals surface area contributed by atoms with Crippen molar-refractivity contribution in [2.75, 3.05) is 18.9 Å². The van der Waals surface area contributed by atoms with Gasteiger partial charge in [0, 0.05) is 5.69 Å². The molecule has 0 heterocycles. The molecule has 0 saturated carbocycles. The first-order chi connectivity index (χ1) is 8.30. The number of nitrogens with two attached hydrogens (primary N) is 1. The molecule has 6 heteroatoms. The third-order valence-electron chi connectivity index (χ3n) is 2.13. The van der Waals surface area contributed by atoms with Gasteiger partial charge in [0.1, 0.15) is 12.4 Å². The van der Waals surface area contributed by atoms with Gasteiger partial charge in [-0.3, -0.25) is 0 Å². The van der Waals surface area contributed by atoms with E-state index < -0.39 is 11.7 Å². The van der Waals surface area contributed by atoms with Gasteiger partial charge in [-0.15, -0.1) is 0 Å². The average Bonchev–Trinajstić information content (AvgIpc) is 2.24. The van der Waals surface area contributed by atoms with Gasteiger partial charge in [-0.1, -0.05) is 0 Å². The van der Waals surface area contributed by atoms with Crippen LogP contribution in [0.3, 0.4) is 0 Å². The van der Waals surface area contributed by atoms with Gasteiger partial charge in [0.05, 0.1) is 18.3 Å². The van der Waals surface area contributed by atoms with Gasteiger partial charge in [0.25, 0.3) is 0 Å². The van der Waals surface area contributed by atoms with E-state index in [4.69, 9.17) is 15.2 Å². The molecule has 0 fully saturated rings. The third kappa shape index (κ3) is 4.44. The van der Waals surface area contributed by atoms with Gasteiger partial charge in [-0.25, -0.2) is 0 Å². The van der Waals surface area contributed by atoms with E-state index in [0.717, 1.165) is 6.07 Å². The van der Waals surface area contributed by atoms with Crippen LogP contribution in [0.25, 0.3) is 0 Å². The summed E-state index contributed by atoms with van der Waals surface area (Å²) < 4.78 is 48.1. The van der Waals surface area contributed by atoms with Gasteiger partial charge in [-0.2, -0.15) is 13.2 Å². The highest BCUT2D eigenvalue weighted by atomic mass is 19.4. The summed E-state index contributed by atoms with van der Waals surface area (Å²) in [5.74, 6) is 0.129. The Morgan fingerprint density at radius 2 is 1.89 bits per heavy atom. The number of hydrogen-bond donors (Lipinski definition) is 1. The van der Waals surface area contributed by atoms with E-state index in [1.54, 1.807) is 0 Å². The lowest BCUT2D eigenvalue weighted by Gasteiger charge is -2.13. The molecule has 0 amide bonds.